The van der Waals surface area contributed by atoms with E-state index < -0.39 is 11.6 Å². The lowest BCUT2D eigenvalue weighted by Crippen LogP contribution is -2.43. The molecule has 1 atom stereocenters. The number of fused-ring (bicyclic) bond motifs is 2. The Labute approximate surface area is 223 Å². The molecular weight excluding hydrogens is 504 g/mol. The second-order valence-corrected chi connectivity index (χ2v) is 9.84. The summed E-state index contributed by atoms with van der Waals surface area (Å²) in [6.07, 6.45) is 0. The SMILES string of the molecule is CCN(CC)C(=O)C1=C(C)N=c2sc(=C3C(=O)Nc4ccccc43)c(=O)n2[C@H]1c1cc(OC)ccc1OC. The highest BCUT2D eigenvalue weighted by Gasteiger charge is 2.37. The third-order valence-electron chi connectivity index (χ3n) is 6.91. The van der Waals surface area contributed by atoms with E-state index in [1.807, 2.05) is 32.0 Å². The van der Waals surface area contributed by atoms with Crippen molar-refractivity contribution in [3.63, 3.8) is 0 Å². The van der Waals surface area contributed by atoms with E-state index in [9.17, 15) is 14.4 Å². The minimum absolute atomic E-state index is 0.215. The van der Waals surface area contributed by atoms with Gasteiger partial charge in [-0.15, -0.1) is 0 Å². The molecule has 196 valence electrons. The van der Waals surface area contributed by atoms with E-state index in [0.29, 0.717) is 63.0 Å². The standard InChI is InChI=1S/C28H28N4O5S/c1-6-31(7-2)26(34)21-15(3)29-28-32(23(21)18-14-16(36-4)12-13-20(18)37-5)27(35)24(38-28)22-17-10-8-9-11-19(17)30-25(22)33/h8-14,23H,6-7H2,1-5H3,(H,30,33)/t23-/m0/s1. The highest BCUT2D eigenvalue weighted by Crippen LogP contribution is 2.38. The Morgan fingerprint density at radius 3 is 2.53 bits per heavy atom. The number of aromatic nitrogens is 1. The molecule has 2 aromatic carbocycles. The van der Waals surface area contributed by atoms with Crippen LogP contribution in [0.2, 0.25) is 0 Å². The van der Waals surface area contributed by atoms with Gasteiger partial charge in [-0.05, 0) is 45.0 Å². The number of nitrogens with zero attached hydrogens (tertiary/aromatic N) is 3. The number of rotatable bonds is 6. The molecule has 2 amide bonds. The molecule has 5 rings (SSSR count). The number of anilines is 1. The first-order chi connectivity index (χ1) is 18.3. The summed E-state index contributed by atoms with van der Waals surface area (Å²) < 4.78 is 12.9. The number of hydrogen-bond donors (Lipinski definition) is 1. The van der Waals surface area contributed by atoms with E-state index in [1.54, 1.807) is 50.3 Å². The highest BCUT2D eigenvalue weighted by atomic mass is 32.1. The van der Waals surface area contributed by atoms with Gasteiger partial charge in [0.15, 0.2) is 4.80 Å². The molecule has 10 heteroatoms. The molecule has 0 aliphatic carbocycles. The normalized spacial score (nSPS) is 17.4. The first-order valence-corrected chi connectivity index (χ1v) is 13.1. The van der Waals surface area contributed by atoms with Crippen molar-refractivity contribution >= 4 is 34.4 Å². The average Bonchev–Trinajstić information content (AvgIpc) is 3.42. The molecule has 1 N–H and O–H groups in total. The number of para-hydroxylation sites is 1. The lowest BCUT2D eigenvalue weighted by molar-refractivity contribution is -0.127. The van der Waals surface area contributed by atoms with Crippen LogP contribution in [-0.2, 0) is 9.59 Å². The van der Waals surface area contributed by atoms with Crippen LogP contribution in [0.15, 0.2) is 63.5 Å². The van der Waals surface area contributed by atoms with Gasteiger partial charge in [-0.2, -0.15) is 0 Å². The second-order valence-electron chi connectivity index (χ2n) is 8.86. The smallest absolute Gasteiger partial charge is 0.271 e. The maximum atomic E-state index is 14.2. The average molecular weight is 533 g/mol. The molecule has 0 saturated carbocycles. The van der Waals surface area contributed by atoms with Crippen molar-refractivity contribution in [3.05, 3.63) is 84.5 Å². The summed E-state index contributed by atoms with van der Waals surface area (Å²) in [6.45, 7) is 6.59. The molecule has 0 fully saturated rings. The Morgan fingerprint density at radius 1 is 1.11 bits per heavy atom. The van der Waals surface area contributed by atoms with Gasteiger partial charge >= 0.3 is 0 Å². The Hall–Kier alpha value is -4.18. The Balaban J connectivity index is 1.86. The molecule has 0 bridgehead atoms. The molecule has 0 unspecified atom stereocenters. The van der Waals surface area contributed by atoms with Crippen molar-refractivity contribution in [2.75, 3.05) is 32.6 Å². The van der Waals surface area contributed by atoms with Crippen LogP contribution in [0.3, 0.4) is 0 Å². The summed E-state index contributed by atoms with van der Waals surface area (Å²) in [7, 11) is 3.09. The van der Waals surface area contributed by atoms with Crippen molar-refractivity contribution in [2.24, 2.45) is 4.99 Å². The molecule has 0 saturated heterocycles. The van der Waals surface area contributed by atoms with Gasteiger partial charge in [0.05, 0.1) is 31.1 Å². The minimum Gasteiger partial charge on any atom is -0.497 e. The first-order valence-electron chi connectivity index (χ1n) is 12.3. The Kier molecular flexibility index (Phi) is 6.66. The van der Waals surface area contributed by atoms with Crippen molar-refractivity contribution in [1.29, 1.82) is 0 Å². The van der Waals surface area contributed by atoms with Gasteiger partial charge in [-0.3, -0.25) is 19.0 Å². The first kappa shape index (κ1) is 25.5. The third-order valence-corrected chi connectivity index (χ3v) is 7.96. The molecular formula is C28H28N4O5S. The topological polar surface area (TPSA) is 102 Å². The molecule has 0 spiro atoms. The van der Waals surface area contributed by atoms with Gasteiger partial charge in [-0.1, -0.05) is 29.5 Å². The third kappa shape index (κ3) is 3.92. The van der Waals surface area contributed by atoms with Crippen LogP contribution in [0.1, 0.15) is 37.9 Å². The fourth-order valence-electron chi connectivity index (χ4n) is 5.02. The molecule has 0 radical (unpaired) electrons. The number of ether oxygens (including phenoxy) is 2. The van der Waals surface area contributed by atoms with Gasteiger partial charge in [0.2, 0.25) is 0 Å². The van der Waals surface area contributed by atoms with Crippen LogP contribution in [0, 0.1) is 0 Å². The largest absolute Gasteiger partial charge is 0.497 e. The van der Waals surface area contributed by atoms with E-state index in [2.05, 4.69) is 5.32 Å². The molecule has 9 nitrogen and oxygen atoms in total. The van der Waals surface area contributed by atoms with Gasteiger partial charge < -0.3 is 19.7 Å². The van der Waals surface area contributed by atoms with Crippen LogP contribution < -0.4 is 29.7 Å². The monoisotopic (exact) mass is 532 g/mol. The van der Waals surface area contributed by atoms with Crippen molar-refractivity contribution in [3.8, 4) is 11.5 Å². The molecule has 38 heavy (non-hydrogen) atoms. The van der Waals surface area contributed by atoms with Gasteiger partial charge in [0.25, 0.3) is 17.4 Å². The molecule has 2 aliphatic rings. The predicted octanol–water partition coefficient (Wildman–Crippen LogP) is 2.44. The van der Waals surface area contributed by atoms with Gasteiger partial charge in [-0.25, -0.2) is 4.99 Å². The van der Waals surface area contributed by atoms with Gasteiger partial charge in [0.1, 0.15) is 22.1 Å². The zero-order chi connectivity index (χ0) is 27.1. The summed E-state index contributed by atoms with van der Waals surface area (Å²) in [5.74, 6) is 0.492. The number of likely N-dealkylation sites (N-methyl/N-ethyl adjacent to an activating group) is 1. The number of amides is 2. The molecule has 1 aromatic heterocycles. The molecule has 3 aromatic rings. The van der Waals surface area contributed by atoms with Crippen LogP contribution in [-0.4, -0.2) is 48.6 Å². The Morgan fingerprint density at radius 2 is 1.84 bits per heavy atom. The van der Waals surface area contributed by atoms with Crippen molar-refractivity contribution in [2.45, 2.75) is 26.8 Å². The predicted molar refractivity (Wildman–Crippen MR) is 145 cm³/mol. The maximum absolute atomic E-state index is 14.2. The maximum Gasteiger partial charge on any atom is 0.271 e. The number of methoxy groups -OCH3 is 2. The summed E-state index contributed by atoms with van der Waals surface area (Å²) in [5.41, 5.74) is 2.68. The lowest BCUT2D eigenvalue weighted by Gasteiger charge is -2.30. The highest BCUT2D eigenvalue weighted by molar-refractivity contribution is 7.07. The fourth-order valence-corrected chi connectivity index (χ4v) is 6.16. The van der Waals surface area contributed by atoms with E-state index in [-0.39, 0.29) is 16.3 Å². The van der Waals surface area contributed by atoms with Crippen molar-refractivity contribution in [1.82, 2.24) is 9.47 Å². The summed E-state index contributed by atoms with van der Waals surface area (Å²) in [5, 5.41) is 2.84. The van der Waals surface area contributed by atoms with Crippen LogP contribution in [0.25, 0.3) is 5.57 Å². The number of hydrogen-bond acceptors (Lipinski definition) is 7. The van der Waals surface area contributed by atoms with Crippen LogP contribution in [0.4, 0.5) is 5.69 Å². The molecule has 3 heterocycles. The van der Waals surface area contributed by atoms with E-state index >= 15 is 0 Å². The van der Waals surface area contributed by atoms with E-state index in [0.717, 1.165) is 11.3 Å². The quantitative estimate of drug-likeness (QED) is 0.526. The summed E-state index contributed by atoms with van der Waals surface area (Å²) in [4.78, 5) is 47.8. The number of nitrogens with one attached hydrogen (secondary N) is 1. The van der Waals surface area contributed by atoms with Gasteiger partial charge in [0, 0.05) is 29.9 Å². The Bertz CT molecular complexity index is 1680. The van der Waals surface area contributed by atoms with Crippen LogP contribution in [0.5, 0.6) is 11.5 Å². The fraction of sp³-hybridized carbons (Fsp3) is 0.286. The minimum atomic E-state index is -0.835. The number of thiazole rings is 1. The van der Waals surface area contributed by atoms with Crippen LogP contribution >= 0.6 is 11.3 Å². The summed E-state index contributed by atoms with van der Waals surface area (Å²) in [6, 6.07) is 11.7. The molecule has 2 aliphatic heterocycles. The number of benzene rings is 2. The van der Waals surface area contributed by atoms with Crippen molar-refractivity contribution < 1.29 is 19.1 Å². The van der Waals surface area contributed by atoms with E-state index in [1.165, 1.54) is 4.57 Å². The zero-order valence-corrected chi connectivity index (χ0v) is 22.6. The number of carbonyl (C=O) groups excluding carboxylic acids is 2. The summed E-state index contributed by atoms with van der Waals surface area (Å²) >= 11 is 1.14. The van der Waals surface area contributed by atoms with E-state index in [4.69, 9.17) is 14.5 Å². The lowest BCUT2D eigenvalue weighted by atomic mass is 9.93. The number of allylic oxidation sites excluding steroid dienone is 1. The second kappa shape index (κ2) is 9.94. The number of carbonyl (C=O) groups is 2. The zero-order valence-electron chi connectivity index (χ0n) is 21.8.